The lowest BCUT2D eigenvalue weighted by molar-refractivity contribution is 1.04. The third-order valence-electron chi connectivity index (χ3n) is 0.481. The Bertz CT molecular complexity index is 65.4. The Labute approximate surface area is 68.6 Å². The number of hydrogen-bond acceptors (Lipinski definition) is 2. The molecule has 0 spiro atoms. The van der Waals surface area contributed by atoms with Crippen molar-refractivity contribution in [3.05, 3.63) is 11.5 Å². The molecule has 0 aromatic carbocycles. The highest BCUT2D eigenvalue weighted by Crippen LogP contribution is 1.94. The zero-order chi connectivity index (χ0) is 6.24. The molecule has 0 bridgehead atoms. The molecular formula is C5H10INS. The van der Waals surface area contributed by atoms with Crippen molar-refractivity contribution in [3.63, 3.8) is 0 Å². The molecule has 0 saturated heterocycles. The van der Waals surface area contributed by atoms with E-state index < -0.39 is 0 Å². The van der Waals surface area contributed by atoms with Crippen molar-refractivity contribution in [3.8, 4) is 0 Å². The third kappa shape index (κ3) is 6.78. The lowest BCUT2D eigenvalue weighted by Crippen LogP contribution is -1.97. The van der Waals surface area contributed by atoms with Gasteiger partial charge in [-0.3, -0.25) is 4.72 Å². The van der Waals surface area contributed by atoms with Gasteiger partial charge in [0.25, 0.3) is 0 Å². The molecule has 1 nitrogen and oxygen atoms in total. The predicted octanol–water partition coefficient (Wildman–Crippen LogP) is 2.19. The summed E-state index contributed by atoms with van der Waals surface area (Å²) in [5.41, 5.74) is 0. The number of alkyl halides is 1. The van der Waals surface area contributed by atoms with Gasteiger partial charge >= 0.3 is 0 Å². The fourth-order valence-electron chi connectivity index (χ4n) is 0.216. The molecule has 0 atom stereocenters. The van der Waals surface area contributed by atoms with Crippen LogP contribution >= 0.6 is 34.5 Å². The number of hydrogen-bond donors (Lipinski definition) is 1. The first-order valence-corrected chi connectivity index (χ1v) is 4.91. The lowest BCUT2D eigenvalue weighted by Gasteiger charge is -1.89. The van der Waals surface area contributed by atoms with E-state index in [9.17, 15) is 0 Å². The molecule has 0 heterocycles. The van der Waals surface area contributed by atoms with Crippen molar-refractivity contribution in [2.45, 2.75) is 6.92 Å². The summed E-state index contributed by atoms with van der Waals surface area (Å²) in [6.07, 6.45) is 2.12. The van der Waals surface area contributed by atoms with Gasteiger partial charge in [0.2, 0.25) is 0 Å². The van der Waals surface area contributed by atoms with Gasteiger partial charge in [0.15, 0.2) is 0 Å². The predicted molar refractivity (Wildman–Crippen MR) is 49.3 cm³/mol. The van der Waals surface area contributed by atoms with Crippen LogP contribution in [-0.2, 0) is 0 Å². The van der Waals surface area contributed by atoms with E-state index in [1.165, 1.54) is 0 Å². The molecule has 0 fully saturated rings. The SMILES string of the molecule is CCNS/C=C\CI. The Morgan fingerprint density at radius 3 is 3.00 bits per heavy atom. The van der Waals surface area contributed by atoms with E-state index in [-0.39, 0.29) is 0 Å². The summed E-state index contributed by atoms with van der Waals surface area (Å²) >= 11 is 3.95. The van der Waals surface area contributed by atoms with E-state index in [2.05, 4.69) is 45.7 Å². The van der Waals surface area contributed by atoms with E-state index in [0.717, 1.165) is 11.0 Å². The minimum absolute atomic E-state index is 1.02. The van der Waals surface area contributed by atoms with Crippen LogP contribution in [0.4, 0.5) is 0 Å². The molecule has 0 radical (unpaired) electrons. The maximum absolute atomic E-state index is 3.11. The molecule has 48 valence electrons. The van der Waals surface area contributed by atoms with Crippen LogP contribution in [0, 0.1) is 0 Å². The van der Waals surface area contributed by atoms with Crippen LogP contribution in [0.3, 0.4) is 0 Å². The van der Waals surface area contributed by atoms with Crippen LogP contribution in [0.1, 0.15) is 6.92 Å². The van der Waals surface area contributed by atoms with Crippen LogP contribution in [0.25, 0.3) is 0 Å². The minimum atomic E-state index is 1.02. The first-order valence-electron chi connectivity index (χ1n) is 2.51. The molecule has 0 aliphatic carbocycles. The Hall–Kier alpha value is 0.780. The molecule has 0 aliphatic heterocycles. The average molecular weight is 243 g/mol. The van der Waals surface area contributed by atoms with E-state index in [1.54, 1.807) is 11.9 Å². The fourth-order valence-corrected chi connectivity index (χ4v) is 1.27. The smallest absolute Gasteiger partial charge is 0.0184 e. The zero-order valence-corrected chi connectivity index (χ0v) is 7.83. The first-order chi connectivity index (χ1) is 3.91. The molecule has 0 unspecified atom stereocenters. The van der Waals surface area contributed by atoms with Gasteiger partial charge in [-0.25, -0.2) is 0 Å². The number of halogens is 1. The number of allylic oxidation sites excluding steroid dienone is 1. The van der Waals surface area contributed by atoms with Gasteiger partial charge in [-0.2, -0.15) is 0 Å². The maximum Gasteiger partial charge on any atom is 0.0184 e. The standard InChI is InChI=1S/C5H10INS/c1-2-7-8-5-3-4-6/h3,5,7H,2,4H2,1H3/b5-3-. The molecule has 1 N–H and O–H groups in total. The second-order valence-corrected chi connectivity index (χ2v) is 2.82. The number of rotatable bonds is 4. The molecule has 8 heavy (non-hydrogen) atoms. The topological polar surface area (TPSA) is 12.0 Å². The summed E-state index contributed by atoms with van der Waals surface area (Å²) in [7, 11) is 0. The molecule has 0 saturated carbocycles. The van der Waals surface area contributed by atoms with Crippen LogP contribution in [0.2, 0.25) is 0 Å². The number of nitrogens with one attached hydrogen (secondary N) is 1. The quantitative estimate of drug-likeness (QED) is 0.351. The van der Waals surface area contributed by atoms with Crippen molar-refractivity contribution >= 4 is 34.5 Å². The molecule has 0 rings (SSSR count). The van der Waals surface area contributed by atoms with Crippen LogP contribution in [0.15, 0.2) is 11.5 Å². The average Bonchev–Trinajstić information content (AvgIpc) is 1.81. The lowest BCUT2D eigenvalue weighted by atomic mass is 10.8. The van der Waals surface area contributed by atoms with Gasteiger partial charge in [-0.15, -0.1) is 0 Å². The van der Waals surface area contributed by atoms with Crippen molar-refractivity contribution in [2.24, 2.45) is 0 Å². The second-order valence-electron chi connectivity index (χ2n) is 1.14. The third-order valence-corrected chi connectivity index (χ3v) is 1.77. The summed E-state index contributed by atoms with van der Waals surface area (Å²) in [6, 6.07) is 0. The van der Waals surface area contributed by atoms with Crippen LogP contribution < -0.4 is 4.72 Å². The molecule has 0 aromatic heterocycles. The van der Waals surface area contributed by atoms with E-state index in [4.69, 9.17) is 0 Å². The van der Waals surface area contributed by atoms with Gasteiger partial charge in [0.1, 0.15) is 0 Å². The summed E-state index contributed by atoms with van der Waals surface area (Å²) in [4.78, 5) is 0. The monoisotopic (exact) mass is 243 g/mol. The molecular weight excluding hydrogens is 233 g/mol. The Morgan fingerprint density at radius 1 is 1.75 bits per heavy atom. The highest BCUT2D eigenvalue weighted by atomic mass is 127. The van der Waals surface area contributed by atoms with E-state index >= 15 is 0 Å². The van der Waals surface area contributed by atoms with Gasteiger partial charge < -0.3 is 0 Å². The van der Waals surface area contributed by atoms with E-state index in [1.807, 2.05) is 0 Å². The highest BCUT2D eigenvalue weighted by molar-refractivity contribution is 14.1. The van der Waals surface area contributed by atoms with Gasteiger partial charge in [0.05, 0.1) is 0 Å². The van der Waals surface area contributed by atoms with Crippen LogP contribution in [0.5, 0.6) is 0 Å². The normalized spacial score (nSPS) is 10.8. The van der Waals surface area contributed by atoms with Crippen molar-refractivity contribution in [1.82, 2.24) is 4.72 Å². The second kappa shape index (κ2) is 7.78. The Kier molecular flexibility index (Phi) is 8.54. The Morgan fingerprint density at radius 2 is 2.50 bits per heavy atom. The zero-order valence-electron chi connectivity index (χ0n) is 4.86. The van der Waals surface area contributed by atoms with Gasteiger partial charge in [0, 0.05) is 11.0 Å². The van der Waals surface area contributed by atoms with Crippen molar-refractivity contribution in [2.75, 3.05) is 11.0 Å². The molecule has 3 heteroatoms. The van der Waals surface area contributed by atoms with Crippen molar-refractivity contribution in [1.29, 1.82) is 0 Å². The molecule has 0 aliphatic rings. The Balaban J connectivity index is 2.80. The first kappa shape index (κ1) is 8.78. The van der Waals surface area contributed by atoms with Gasteiger partial charge in [-0.1, -0.05) is 47.5 Å². The maximum atomic E-state index is 3.11. The highest BCUT2D eigenvalue weighted by Gasteiger charge is 1.72. The summed E-state index contributed by atoms with van der Waals surface area (Å²) in [6.45, 7) is 3.11. The van der Waals surface area contributed by atoms with Gasteiger partial charge in [-0.05, 0) is 5.41 Å². The van der Waals surface area contributed by atoms with E-state index in [0.29, 0.717) is 0 Å². The molecule has 0 amide bonds. The summed E-state index contributed by atoms with van der Waals surface area (Å²) in [5.74, 6) is 0. The largest absolute Gasteiger partial charge is 0.261 e. The summed E-state index contributed by atoms with van der Waals surface area (Å²) in [5, 5.41) is 2.07. The summed E-state index contributed by atoms with van der Waals surface area (Å²) < 4.78 is 4.20. The molecule has 0 aromatic rings. The minimum Gasteiger partial charge on any atom is -0.261 e. The van der Waals surface area contributed by atoms with Crippen LogP contribution in [-0.4, -0.2) is 11.0 Å². The van der Waals surface area contributed by atoms with Crippen molar-refractivity contribution < 1.29 is 0 Å². The fraction of sp³-hybridized carbons (Fsp3) is 0.600.